The molecule has 0 unspecified atom stereocenters. The Morgan fingerprint density at radius 2 is 1.86 bits per heavy atom. The van der Waals surface area contributed by atoms with Crippen molar-refractivity contribution in [3.05, 3.63) is 28.8 Å². The third kappa shape index (κ3) is 5.34. The van der Waals surface area contributed by atoms with E-state index in [9.17, 15) is 9.59 Å². The second-order valence-corrected chi connectivity index (χ2v) is 10.3. The number of hydrogen-bond acceptors (Lipinski definition) is 4. The standard InChI is InChI=1S/C22H30ClN3O2S/c1-15-6-7-17(14-18(15)23)24-21-26(10-5-13-29-21)19(27)16-8-11-25(12-9-16)20(28)22(2,3)4/h6-7,14,16H,5,8-13H2,1-4H3. The van der Waals surface area contributed by atoms with Gasteiger partial charge in [0.25, 0.3) is 0 Å². The minimum atomic E-state index is -0.379. The molecule has 1 aromatic carbocycles. The number of hydrogen-bond donors (Lipinski definition) is 0. The summed E-state index contributed by atoms with van der Waals surface area (Å²) >= 11 is 7.86. The third-order valence-electron chi connectivity index (χ3n) is 5.41. The van der Waals surface area contributed by atoms with Gasteiger partial charge in [-0.3, -0.25) is 14.5 Å². The van der Waals surface area contributed by atoms with Crippen LogP contribution >= 0.6 is 23.4 Å². The maximum absolute atomic E-state index is 13.3. The number of aryl methyl sites for hydroxylation is 1. The molecular weight excluding hydrogens is 406 g/mol. The number of halogens is 1. The molecule has 1 aromatic rings. The van der Waals surface area contributed by atoms with E-state index in [0.717, 1.165) is 28.6 Å². The number of piperidine rings is 1. The number of thioether (sulfide) groups is 1. The molecule has 5 nitrogen and oxygen atoms in total. The number of likely N-dealkylation sites (tertiary alicyclic amines) is 1. The molecule has 7 heteroatoms. The molecule has 0 atom stereocenters. The van der Waals surface area contributed by atoms with Crippen LogP contribution in [0, 0.1) is 18.3 Å². The number of rotatable bonds is 2. The van der Waals surface area contributed by atoms with Gasteiger partial charge in [0.15, 0.2) is 5.17 Å². The quantitative estimate of drug-likeness (QED) is 0.664. The lowest BCUT2D eigenvalue weighted by Crippen LogP contribution is -2.49. The van der Waals surface area contributed by atoms with Gasteiger partial charge in [0.1, 0.15) is 0 Å². The van der Waals surface area contributed by atoms with E-state index in [1.165, 1.54) is 0 Å². The highest BCUT2D eigenvalue weighted by atomic mass is 35.5. The van der Waals surface area contributed by atoms with Crippen LogP contribution in [0.2, 0.25) is 5.02 Å². The Morgan fingerprint density at radius 1 is 1.17 bits per heavy atom. The van der Waals surface area contributed by atoms with Crippen LogP contribution in [-0.2, 0) is 9.59 Å². The molecular formula is C22H30ClN3O2S. The zero-order valence-electron chi connectivity index (χ0n) is 17.7. The molecule has 0 N–H and O–H groups in total. The summed E-state index contributed by atoms with van der Waals surface area (Å²) in [5.41, 5.74) is 1.40. The van der Waals surface area contributed by atoms with Crippen LogP contribution in [0.4, 0.5) is 5.69 Å². The van der Waals surface area contributed by atoms with Crippen molar-refractivity contribution in [2.24, 2.45) is 16.3 Å². The van der Waals surface area contributed by atoms with Crippen molar-refractivity contribution in [1.82, 2.24) is 9.80 Å². The molecule has 158 valence electrons. The summed E-state index contributed by atoms with van der Waals surface area (Å²) in [7, 11) is 0. The zero-order chi connectivity index (χ0) is 21.2. The van der Waals surface area contributed by atoms with Crippen LogP contribution in [0.15, 0.2) is 23.2 Å². The van der Waals surface area contributed by atoms with Gasteiger partial charge in [-0.15, -0.1) is 0 Å². The maximum Gasteiger partial charge on any atom is 0.231 e. The molecule has 2 saturated heterocycles. The topological polar surface area (TPSA) is 53.0 Å². The first-order valence-corrected chi connectivity index (χ1v) is 11.6. The van der Waals surface area contributed by atoms with Crippen molar-refractivity contribution in [2.75, 3.05) is 25.4 Å². The van der Waals surface area contributed by atoms with Crippen LogP contribution < -0.4 is 0 Å². The molecule has 2 aliphatic heterocycles. The van der Waals surface area contributed by atoms with Gasteiger partial charge in [-0.05, 0) is 43.9 Å². The lowest BCUT2D eigenvalue weighted by molar-refractivity contribution is -0.143. The summed E-state index contributed by atoms with van der Waals surface area (Å²) in [5, 5.41) is 1.44. The van der Waals surface area contributed by atoms with Gasteiger partial charge in [0.2, 0.25) is 11.8 Å². The molecule has 2 amide bonds. The minimum Gasteiger partial charge on any atom is -0.342 e. The Kier molecular flexibility index (Phi) is 6.94. The predicted molar refractivity (Wildman–Crippen MR) is 121 cm³/mol. The molecule has 2 aliphatic rings. The fraction of sp³-hybridized carbons (Fsp3) is 0.591. The van der Waals surface area contributed by atoms with Crippen LogP contribution in [0.3, 0.4) is 0 Å². The number of nitrogens with zero attached hydrogens (tertiary/aromatic N) is 3. The molecule has 0 aromatic heterocycles. The number of carbonyl (C=O) groups is 2. The first-order chi connectivity index (χ1) is 13.7. The van der Waals surface area contributed by atoms with Gasteiger partial charge >= 0.3 is 0 Å². The normalized spacial score (nSPS) is 20.2. The van der Waals surface area contributed by atoms with E-state index in [1.54, 1.807) is 11.8 Å². The van der Waals surface area contributed by atoms with E-state index in [2.05, 4.69) is 0 Å². The minimum absolute atomic E-state index is 0.0514. The van der Waals surface area contributed by atoms with Crippen molar-refractivity contribution in [2.45, 2.75) is 47.0 Å². The number of amidine groups is 1. The van der Waals surface area contributed by atoms with E-state index < -0.39 is 0 Å². The largest absolute Gasteiger partial charge is 0.342 e. The van der Waals surface area contributed by atoms with Crippen molar-refractivity contribution in [1.29, 1.82) is 0 Å². The molecule has 2 heterocycles. The Labute approximate surface area is 182 Å². The molecule has 29 heavy (non-hydrogen) atoms. The van der Waals surface area contributed by atoms with Crippen LogP contribution in [0.5, 0.6) is 0 Å². The number of aliphatic imine (C=N–C) groups is 1. The molecule has 2 fully saturated rings. The molecule has 3 rings (SSSR count). The summed E-state index contributed by atoms with van der Waals surface area (Å²) in [4.78, 5) is 34.2. The van der Waals surface area contributed by atoms with E-state index in [-0.39, 0.29) is 23.1 Å². The number of amides is 2. The van der Waals surface area contributed by atoms with Crippen LogP contribution in [0.25, 0.3) is 0 Å². The Balaban J connectivity index is 1.69. The summed E-state index contributed by atoms with van der Waals surface area (Å²) in [6.07, 6.45) is 2.39. The average Bonchev–Trinajstić information content (AvgIpc) is 2.69. The SMILES string of the molecule is Cc1ccc(N=C2SCCCN2C(=O)C2CCN(C(=O)C(C)(C)C)CC2)cc1Cl. The predicted octanol–water partition coefficient (Wildman–Crippen LogP) is 4.89. The summed E-state index contributed by atoms with van der Waals surface area (Å²) in [6, 6.07) is 5.73. The third-order valence-corrected chi connectivity index (χ3v) is 6.88. The first kappa shape index (κ1) is 22.2. The second-order valence-electron chi connectivity index (χ2n) is 8.84. The monoisotopic (exact) mass is 435 g/mol. The Hall–Kier alpha value is -1.53. The highest BCUT2D eigenvalue weighted by Gasteiger charge is 2.35. The molecule has 0 bridgehead atoms. The number of carbonyl (C=O) groups excluding carboxylic acids is 2. The Bertz CT molecular complexity index is 811. The summed E-state index contributed by atoms with van der Waals surface area (Å²) in [5.74, 6) is 1.21. The van der Waals surface area contributed by atoms with Crippen LogP contribution in [0.1, 0.15) is 45.6 Å². The second kappa shape index (κ2) is 9.09. The van der Waals surface area contributed by atoms with Crippen molar-refractivity contribution in [3.63, 3.8) is 0 Å². The van der Waals surface area contributed by atoms with Crippen molar-refractivity contribution < 1.29 is 9.59 Å². The molecule has 0 saturated carbocycles. The molecule has 0 aliphatic carbocycles. The molecule has 0 radical (unpaired) electrons. The number of benzene rings is 1. The summed E-state index contributed by atoms with van der Waals surface area (Å²) < 4.78 is 0. The van der Waals surface area contributed by atoms with Gasteiger partial charge < -0.3 is 4.90 Å². The Morgan fingerprint density at radius 3 is 2.48 bits per heavy atom. The highest BCUT2D eigenvalue weighted by molar-refractivity contribution is 8.13. The fourth-order valence-corrected chi connectivity index (χ4v) is 4.78. The summed E-state index contributed by atoms with van der Waals surface area (Å²) in [6.45, 7) is 9.78. The van der Waals surface area contributed by atoms with E-state index in [1.807, 2.05) is 55.7 Å². The lowest BCUT2D eigenvalue weighted by Gasteiger charge is -2.37. The van der Waals surface area contributed by atoms with E-state index >= 15 is 0 Å². The van der Waals surface area contributed by atoms with Gasteiger partial charge in [-0.2, -0.15) is 0 Å². The van der Waals surface area contributed by atoms with Gasteiger partial charge in [-0.25, -0.2) is 4.99 Å². The van der Waals surface area contributed by atoms with E-state index in [4.69, 9.17) is 16.6 Å². The fourth-order valence-electron chi connectivity index (χ4n) is 3.64. The average molecular weight is 436 g/mol. The highest BCUT2D eigenvalue weighted by Crippen LogP contribution is 2.29. The lowest BCUT2D eigenvalue weighted by atomic mass is 9.90. The van der Waals surface area contributed by atoms with Gasteiger partial charge in [0, 0.05) is 41.7 Å². The van der Waals surface area contributed by atoms with Crippen LogP contribution in [-0.4, -0.2) is 52.2 Å². The van der Waals surface area contributed by atoms with Gasteiger partial charge in [-0.1, -0.05) is 50.2 Å². The van der Waals surface area contributed by atoms with Gasteiger partial charge in [0.05, 0.1) is 5.69 Å². The molecule has 0 spiro atoms. The van der Waals surface area contributed by atoms with Crippen molar-refractivity contribution >= 4 is 46.0 Å². The smallest absolute Gasteiger partial charge is 0.231 e. The zero-order valence-corrected chi connectivity index (χ0v) is 19.3. The van der Waals surface area contributed by atoms with E-state index in [0.29, 0.717) is 37.5 Å². The van der Waals surface area contributed by atoms with Crippen molar-refractivity contribution in [3.8, 4) is 0 Å². The first-order valence-electron chi connectivity index (χ1n) is 10.2. The maximum atomic E-state index is 13.3.